The Hall–Kier alpha value is -5.21. The second-order valence-corrected chi connectivity index (χ2v) is 16.0. The lowest BCUT2D eigenvalue weighted by atomic mass is 10.0. The monoisotopic (exact) mass is 751 g/mol. The molecule has 1 aliphatic rings. The van der Waals surface area contributed by atoms with Crippen LogP contribution in [-0.4, -0.2) is 87.9 Å². The summed E-state index contributed by atoms with van der Waals surface area (Å²) >= 11 is 0. The van der Waals surface area contributed by atoms with Gasteiger partial charge in [0, 0.05) is 31.4 Å². The van der Waals surface area contributed by atoms with Gasteiger partial charge >= 0.3 is 18.3 Å². The van der Waals surface area contributed by atoms with Gasteiger partial charge in [-0.1, -0.05) is 36.4 Å². The maximum atomic E-state index is 14.2. The van der Waals surface area contributed by atoms with Crippen LogP contribution in [0.5, 0.6) is 0 Å². The zero-order chi connectivity index (χ0) is 40.1. The highest BCUT2D eigenvalue weighted by Crippen LogP contribution is 2.23. The Bertz CT molecular complexity index is 1570. The minimum Gasteiger partial charge on any atom is -0.444 e. The molecule has 296 valence electrons. The zero-order valence-electron chi connectivity index (χ0n) is 33.0. The molecule has 0 aliphatic carbocycles. The number of amides is 5. The number of benzene rings is 1. The van der Waals surface area contributed by atoms with Crippen molar-refractivity contribution in [2.75, 3.05) is 13.1 Å². The van der Waals surface area contributed by atoms with E-state index in [1.165, 1.54) is 4.90 Å². The summed E-state index contributed by atoms with van der Waals surface area (Å²) in [6, 6.07) is 13.0. The number of hydrogen-bond donors (Lipinski definition) is 4. The number of nitrogens with one attached hydrogen (secondary N) is 4. The van der Waals surface area contributed by atoms with Crippen molar-refractivity contribution in [3.05, 3.63) is 66.0 Å². The van der Waals surface area contributed by atoms with Gasteiger partial charge in [0.1, 0.15) is 28.9 Å². The first-order valence-corrected chi connectivity index (χ1v) is 18.3. The molecule has 1 aromatic heterocycles. The molecule has 2 aromatic rings. The molecule has 2 unspecified atom stereocenters. The third-order valence-electron chi connectivity index (χ3n) is 7.64. The van der Waals surface area contributed by atoms with Crippen LogP contribution in [0, 0.1) is 0 Å². The minimum absolute atomic E-state index is 0.0247. The van der Waals surface area contributed by atoms with Gasteiger partial charge in [0.05, 0.1) is 6.04 Å². The number of alkyl carbamates (subject to hydrolysis) is 3. The first-order chi connectivity index (χ1) is 25.2. The van der Waals surface area contributed by atoms with E-state index in [0.29, 0.717) is 25.8 Å². The van der Waals surface area contributed by atoms with Crippen LogP contribution in [0.3, 0.4) is 0 Å². The minimum atomic E-state index is -1.07. The van der Waals surface area contributed by atoms with E-state index < -0.39 is 59.1 Å². The molecule has 4 N–H and O–H groups in total. The highest BCUT2D eigenvalue weighted by atomic mass is 16.6. The fraction of sp³-hybridized carbons (Fsp3) is 0.564. The van der Waals surface area contributed by atoms with Crippen LogP contribution in [0.1, 0.15) is 105 Å². The molecule has 1 aromatic carbocycles. The number of rotatable bonds is 11. The number of aromatic nitrogens is 1. The van der Waals surface area contributed by atoms with E-state index in [-0.39, 0.29) is 31.3 Å². The molecule has 1 fully saturated rings. The van der Waals surface area contributed by atoms with Gasteiger partial charge in [-0.25, -0.2) is 14.4 Å². The first kappa shape index (κ1) is 43.2. The van der Waals surface area contributed by atoms with Crippen LogP contribution in [0.4, 0.5) is 14.4 Å². The molecule has 1 saturated heterocycles. The van der Waals surface area contributed by atoms with Gasteiger partial charge in [-0.3, -0.25) is 30.2 Å². The van der Waals surface area contributed by atoms with Crippen LogP contribution in [0.25, 0.3) is 0 Å². The van der Waals surface area contributed by atoms with Crippen LogP contribution >= 0.6 is 0 Å². The van der Waals surface area contributed by atoms with E-state index in [1.54, 1.807) is 68.5 Å². The van der Waals surface area contributed by atoms with Gasteiger partial charge in [0.25, 0.3) is 0 Å². The summed E-state index contributed by atoms with van der Waals surface area (Å²) in [6.45, 7) is 15.6. The van der Waals surface area contributed by atoms with E-state index in [0.717, 1.165) is 11.3 Å². The molecule has 15 nitrogen and oxygen atoms in total. The number of nitrogens with zero attached hydrogens (tertiary/aromatic N) is 3. The molecular formula is C39H57N7O8. The molecule has 0 saturated carbocycles. The largest absolute Gasteiger partial charge is 0.444 e. The van der Waals surface area contributed by atoms with Crippen LogP contribution in [-0.2, 0) is 30.2 Å². The Morgan fingerprint density at radius 2 is 1.37 bits per heavy atom. The lowest BCUT2D eigenvalue weighted by Gasteiger charge is -2.30. The molecule has 15 heteroatoms. The number of likely N-dealkylation sites (tertiary alicyclic amines) is 1. The van der Waals surface area contributed by atoms with E-state index in [4.69, 9.17) is 14.2 Å². The molecule has 0 spiro atoms. The highest BCUT2D eigenvalue weighted by Gasteiger charge is 2.39. The molecule has 1 aliphatic heterocycles. The van der Waals surface area contributed by atoms with Crippen LogP contribution in [0.2, 0.25) is 0 Å². The molecule has 3 atom stereocenters. The SMILES string of the molecule is CC(C)(C)OC(=O)NC(=NCCCC(NC(=O)OC(C)(C)C)C(=O)N1CCC[C@H]1C(=O)NC(Cc1ccccn1)c1ccccc1)NC(=O)OC(C)(C)C. The van der Waals surface area contributed by atoms with Crippen molar-refractivity contribution in [2.24, 2.45) is 4.99 Å². The summed E-state index contributed by atoms with van der Waals surface area (Å²) in [5, 5.41) is 10.7. The number of carbonyl (C=O) groups is 5. The molecule has 2 heterocycles. The Morgan fingerprint density at radius 3 is 1.93 bits per heavy atom. The van der Waals surface area contributed by atoms with Crippen LogP contribution in [0.15, 0.2) is 59.7 Å². The van der Waals surface area contributed by atoms with Crippen molar-refractivity contribution in [3.8, 4) is 0 Å². The van der Waals surface area contributed by atoms with Crippen LogP contribution < -0.4 is 21.3 Å². The molecular weight excluding hydrogens is 694 g/mol. The third kappa shape index (κ3) is 15.8. The second-order valence-electron chi connectivity index (χ2n) is 16.0. The summed E-state index contributed by atoms with van der Waals surface area (Å²) in [4.78, 5) is 76.3. The van der Waals surface area contributed by atoms with Gasteiger partial charge < -0.3 is 29.7 Å². The average Bonchev–Trinajstić information content (AvgIpc) is 3.54. The summed E-state index contributed by atoms with van der Waals surface area (Å²) in [5.74, 6) is -0.962. The molecule has 0 bridgehead atoms. The number of pyridine rings is 1. The molecule has 3 rings (SSSR count). The summed E-state index contributed by atoms with van der Waals surface area (Å²) < 4.78 is 16.1. The zero-order valence-corrected chi connectivity index (χ0v) is 33.0. The maximum Gasteiger partial charge on any atom is 0.414 e. The lowest BCUT2D eigenvalue weighted by Crippen LogP contribution is -2.54. The van der Waals surface area contributed by atoms with Gasteiger partial charge in [-0.2, -0.15) is 0 Å². The molecule has 5 amide bonds. The van der Waals surface area contributed by atoms with Crippen molar-refractivity contribution >= 4 is 36.1 Å². The second kappa shape index (κ2) is 19.2. The van der Waals surface area contributed by atoms with Crippen molar-refractivity contribution in [1.29, 1.82) is 0 Å². The van der Waals surface area contributed by atoms with Gasteiger partial charge in [-0.15, -0.1) is 0 Å². The fourth-order valence-corrected chi connectivity index (χ4v) is 5.54. The van der Waals surface area contributed by atoms with E-state index in [9.17, 15) is 24.0 Å². The van der Waals surface area contributed by atoms with Gasteiger partial charge in [-0.05, 0) is 106 Å². The lowest BCUT2D eigenvalue weighted by molar-refractivity contribution is -0.140. The Balaban J connectivity index is 1.79. The van der Waals surface area contributed by atoms with E-state index in [1.807, 2.05) is 48.5 Å². The normalized spacial score (nSPS) is 15.6. The molecule has 0 radical (unpaired) electrons. The van der Waals surface area contributed by atoms with E-state index >= 15 is 0 Å². The summed E-state index contributed by atoms with van der Waals surface area (Å²) in [6.07, 6.45) is 1.06. The van der Waals surface area contributed by atoms with Gasteiger partial charge in [0.2, 0.25) is 17.8 Å². The summed E-state index contributed by atoms with van der Waals surface area (Å²) in [7, 11) is 0. The number of aliphatic imine (C=N–C) groups is 1. The first-order valence-electron chi connectivity index (χ1n) is 18.3. The van der Waals surface area contributed by atoms with Crippen molar-refractivity contribution in [1.82, 2.24) is 31.2 Å². The third-order valence-corrected chi connectivity index (χ3v) is 7.64. The number of hydrogen-bond acceptors (Lipinski definition) is 10. The average molecular weight is 752 g/mol. The summed E-state index contributed by atoms with van der Waals surface area (Å²) in [5.41, 5.74) is -0.740. The standard InChI is InChI=1S/C39H57N7O8/c1-37(2,3)52-34(49)43-28(20-15-23-41-33(44-35(50)53-38(4,5)6)45-36(51)54-39(7,8)9)32(48)46-24-16-21-30(46)31(47)42-29(26-17-11-10-12-18-26)25-27-19-13-14-22-40-27/h10-14,17-19,22,28-30H,15-16,20-21,23-25H2,1-9H3,(H,42,47)(H,43,49)(H2,41,44,45,50,51)/t28?,29?,30-/m0/s1. The topological polar surface area (TPSA) is 190 Å². The van der Waals surface area contributed by atoms with Gasteiger partial charge in [0.15, 0.2) is 0 Å². The fourth-order valence-electron chi connectivity index (χ4n) is 5.54. The Morgan fingerprint density at radius 1 is 0.796 bits per heavy atom. The quantitative estimate of drug-likeness (QED) is 0.0987. The predicted octanol–water partition coefficient (Wildman–Crippen LogP) is 5.55. The number of carbonyl (C=O) groups excluding carboxylic acids is 5. The Kier molecular flexibility index (Phi) is 15.4. The maximum absolute atomic E-state index is 14.2. The smallest absolute Gasteiger partial charge is 0.414 e. The highest BCUT2D eigenvalue weighted by molar-refractivity contribution is 6.01. The number of guanidine groups is 1. The Labute approximate surface area is 318 Å². The van der Waals surface area contributed by atoms with Crippen molar-refractivity contribution in [2.45, 2.75) is 129 Å². The predicted molar refractivity (Wildman–Crippen MR) is 203 cm³/mol. The number of ether oxygens (including phenoxy) is 3. The molecule has 54 heavy (non-hydrogen) atoms. The van der Waals surface area contributed by atoms with E-state index in [2.05, 4.69) is 31.2 Å². The van der Waals surface area contributed by atoms with Crippen molar-refractivity contribution < 1.29 is 38.2 Å². The van der Waals surface area contributed by atoms with Crippen molar-refractivity contribution in [3.63, 3.8) is 0 Å².